The third-order valence-electron chi connectivity index (χ3n) is 2.82. The molecule has 1 atom stereocenters. The molecule has 1 amide bonds. The summed E-state index contributed by atoms with van der Waals surface area (Å²) < 4.78 is 26.2. The van der Waals surface area contributed by atoms with Gasteiger partial charge in [-0.05, 0) is 24.3 Å². The largest absolute Gasteiger partial charge is 0.399 e. The molecule has 1 aliphatic heterocycles. The quantitative estimate of drug-likeness (QED) is 0.513. The van der Waals surface area contributed by atoms with Crippen molar-refractivity contribution in [3.05, 3.63) is 24.3 Å². The molecular formula is C12H17N3O3S2. The minimum atomic E-state index is -3.35. The van der Waals surface area contributed by atoms with Gasteiger partial charge in [-0.15, -0.1) is 11.8 Å². The first-order valence-electron chi connectivity index (χ1n) is 6.20. The zero-order chi connectivity index (χ0) is 14.6. The Kier molecular flexibility index (Phi) is 4.90. The summed E-state index contributed by atoms with van der Waals surface area (Å²) in [6, 6.07) is 6.96. The maximum Gasteiger partial charge on any atom is 0.221 e. The summed E-state index contributed by atoms with van der Waals surface area (Å²) in [5.41, 5.74) is 6.26. The number of hydrogen-bond donors (Lipinski definition) is 3. The molecule has 1 aromatic carbocycles. The molecule has 8 heteroatoms. The number of carbonyl (C=O) groups is 1. The van der Waals surface area contributed by atoms with Gasteiger partial charge in [-0.25, -0.2) is 13.1 Å². The van der Waals surface area contributed by atoms with Crippen LogP contribution >= 0.6 is 11.8 Å². The number of thioether (sulfide) groups is 1. The average molecular weight is 315 g/mol. The second-order valence-electron chi connectivity index (χ2n) is 4.56. The molecule has 0 saturated carbocycles. The predicted octanol–water partition coefficient (Wildman–Crippen LogP) is 0.169. The number of carbonyl (C=O) groups excluding carboxylic acids is 1. The van der Waals surface area contributed by atoms with E-state index in [0.29, 0.717) is 18.0 Å². The van der Waals surface area contributed by atoms with E-state index in [1.165, 1.54) is 11.8 Å². The zero-order valence-corrected chi connectivity index (χ0v) is 12.5. The fraction of sp³-hybridized carbons (Fsp3) is 0.417. The molecule has 20 heavy (non-hydrogen) atoms. The molecule has 0 aliphatic carbocycles. The van der Waals surface area contributed by atoms with Gasteiger partial charge in [0.2, 0.25) is 15.9 Å². The molecule has 1 unspecified atom stereocenters. The summed E-state index contributed by atoms with van der Waals surface area (Å²) in [5.74, 6) is 0.356. The van der Waals surface area contributed by atoms with Crippen LogP contribution in [0.5, 0.6) is 0 Å². The monoisotopic (exact) mass is 315 g/mol. The molecule has 0 aromatic heterocycles. The van der Waals surface area contributed by atoms with Crippen molar-refractivity contribution >= 4 is 33.4 Å². The highest BCUT2D eigenvalue weighted by atomic mass is 32.2. The van der Waals surface area contributed by atoms with Crippen molar-refractivity contribution in [3.63, 3.8) is 0 Å². The summed E-state index contributed by atoms with van der Waals surface area (Å²) in [4.78, 5) is 12.0. The number of hydrogen-bond acceptors (Lipinski definition) is 5. The second kappa shape index (κ2) is 6.47. The van der Waals surface area contributed by atoms with Crippen molar-refractivity contribution in [2.24, 2.45) is 0 Å². The number of nitrogens with two attached hydrogens (primary N) is 1. The normalized spacial score (nSPS) is 19.0. The van der Waals surface area contributed by atoms with E-state index in [-0.39, 0.29) is 24.1 Å². The Labute approximate surface area is 122 Å². The average Bonchev–Trinajstić information content (AvgIpc) is 2.76. The standard InChI is InChI=1S/C12H17N3O3S2/c13-9-1-3-11(4-2-9)19-5-6-20(17,18)15-10-7-12(16)14-8-10/h1-4,10,15H,5-8,13H2,(H,14,16). The maximum absolute atomic E-state index is 11.9. The molecule has 1 saturated heterocycles. The van der Waals surface area contributed by atoms with Gasteiger partial charge in [0.15, 0.2) is 0 Å². The van der Waals surface area contributed by atoms with E-state index < -0.39 is 10.0 Å². The van der Waals surface area contributed by atoms with Crippen LogP contribution in [0, 0.1) is 0 Å². The van der Waals surface area contributed by atoms with Crippen LogP contribution in [0.1, 0.15) is 6.42 Å². The summed E-state index contributed by atoms with van der Waals surface area (Å²) in [7, 11) is -3.35. The SMILES string of the molecule is Nc1ccc(SCCS(=O)(=O)NC2CNC(=O)C2)cc1. The highest BCUT2D eigenvalue weighted by Gasteiger charge is 2.25. The minimum Gasteiger partial charge on any atom is -0.399 e. The van der Waals surface area contributed by atoms with E-state index in [4.69, 9.17) is 5.73 Å². The van der Waals surface area contributed by atoms with Crippen LogP contribution in [0.2, 0.25) is 0 Å². The smallest absolute Gasteiger partial charge is 0.221 e. The van der Waals surface area contributed by atoms with Crippen molar-refractivity contribution in [2.75, 3.05) is 23.8 Å². The highest BCUT2D eigenvalue weighted by molar-refractivity contribution is 8.00. The van der Waals surface area contributed by atoms with Gasteiger partial charge in [0, 0.05) is 35.3 Å². The molecule has 0 spiro atoms. The van der Waals surface area contributed by atoms with E-state index in [1.807, 2.05) is 12.1 Å². The lowest BCUT2D eigenvalue weighted by molar-refractivity contribution is -0.119. The first kappa shape index (κ1) is 15.1. The van der Waals surface area contributed by atoms with Crippen molar-refractivity contribution in [1.29, 1.82) is 0 Å². The fourth-order valence-electron chi connectivity index (χ4n) is 1.83. The van der Waals surface area contributed by atoms with Gasteiger partial charge in [-0.3, -0.25) is 4.79 Å². The first-order chi connectivity index (χ1) is 9.44. The number of nitrogens with one attached hydrogen (secondary N) is 2. The van der Waals surface area contributed by atoms with Gasteiger partial charge in [-0.1, -0.05) is 0 Å². The number of sulfonamides is 1. The third-order valence-corrected chi connectivity index (χ3v) is 5.53. The molecule has 0 radical (unpaired) electrons. The van der Waals surface area contributed by atoms with E-state index in [1.54, 1.807) is 12.1 Å². The van der Waals surface area contributed by atoms with Crippen LogP contribution < -0.4 is 15.8 Å². The lowest BCUT2D eigenvalue weighted by Crippen LogP contribution is -2.38. The summed E-state index contributed by atoms with van der Waals surface area (Å²) >= 11 is 1.46. The van der Waals surface area contributed by atoms with Crippen LogP contribution in [0.25, 0.3) is 0 Å². The second-order valence-corrected chi connectivity index (χ2v) is 7.60. The maximum atomic E-state index is 11.9. The van der Waals surface area contributed by atoms with Crippen molar-refractivity contribution in [3.8, 4) is 0 Å². The van der Waals surface area contributed by atoms with E-state index in [0.717, 1.165) is 4.90 Å². The topological polar surface area (TPSA) is 101 Å². The molecule has 110 valence electrons. The van der Waals surface area contributed by atoms with Gasteiger partial charge >= 0.3 is 0 Å². The molecular weight excluding hydrogens is 298 g/mol. The Balaban J connectivity index is 1.77. The van der Waals surface area contributed by atoms with E-state index in [2.05, 4.69) is 10.0 Å². The van der Waals surface area contributed by atoms with Gasteiger partial charge in [0.1, 0.15) is 0 Å². The Bertz CT molecular complexity index is 572. The Morgan fingerprint density at radius 1 is 1.35 bits per heavy atom. The number of rotatable bonds is 6. The summed E-state index contributed by atoms with van der Waals surface area (Å²) in [5, 5.41) is 2.60. The molecule has 6 nitrogen and oxygen atoms in total. The molecule has 4 N–H and O–H groups in total. The lowest BCUT2D eigenvalue weighted by atomic mass is 10.3. The van der Waals surface area contributed by atoms with Crippen LogP contribution in [0.15, 0.2) is 29.2 Å². The number of nitrogen functional groups attached to an aromatic ring is 1. The number of benzene rings is 1. The Morgan fingerprint density at radius 2 is 2.05 bits per heavy atom. The van der Waals surface area contributed by atoms with Crippen LogP contribution in [0.4, 0.5) is 5.69 Å². The lowest BCUT2D eigenvalue weighted by Gasteiger charge is -2.10. The fourth-order valence-corrected chi connectivity index (χ4v) is 4.40. The minimum absolute atomic E-state index is 0.0206. The Hall–Kier alpha value is -1.25. The van der Waals surface area contributed by atoms with Crippen molar-refractivity contribution in [2.45, 2.75) is 17.4 Å². The molecule has 1 aliphatic rings. The van der Waals surface area contributed by atoms with Gasteiger partial charge in [0.05, 0.1) is 5.75 Å². The van der Waals surface area contributed by atoms with Crippen molar-refractivity contribution < 1.29 is 13.2 Å². The van der Waals surface area contributed by atoms with Gasteiger partial charge in [0.25, 0.3) is 0 Å². The van der Waals surface area contributed by atoms with E-state index >= 15 is 0 Å². The van der Waals surface area contributed by atoms with E-state index in [9.17, 15) is 13.2 Å². The predicted molar refractivity (Wildman–Crippen MR) is 79.9 cm³/mol. The van der Waals surface area contributed by atoms with Gasteiger partial charge < -0.3 is 11.1 Å². The number of anilines is 1. The first-order valence-corrected chi connectivity index (χ1v) is 8.83. The van der Waals surface area contributed by atoms with Crippen LogP contribution in [-0.4, -0.2) is 38.4 Å². The molecule has 1 aromatic rings. The highest BCUT2D eigenvalue weighted by Crippen LogP contribution is 2.19. The molecule has 1 fully saturated rings. The van der Waals surface area contributed by atoms with Crippen molar-refractivity contribution in [1.82, 2.24) is 10.0 Å². The molecule has 1 heterocycles. The summed E-state index contributed by atoms with van der Waals surface area (Å²) in [6.45, 7) is 0.364. The summed E-state index contributed by atoms with van der Waals surface area (Å²) in [6.07, 6.45) is 0.213. The third kappa shape index (κ3) is 4.69. The Morgan fingerprint density at radius 3 is 2.65 bits per heavy atom. The number of amides is 1. The van der Waals surface area contributed by atoms with Gasteiger partial charge in [-0.2, -0.15) is 0 Å². The zero-order valence-electron chi connectivity index (χ0n) is 10.8. The van der Waals surface area contributed by atoms with Crippen LogP contribution in [-0.2, 0) is 14.8 Å². The molecule has 0 bridgehead atoms. The molecule has 2 rings (SSSR count). The van der Waals surface area contributed by atoms with Crippen LogP contribution in [0.3, 0.4) is 0 Å².